The Hall–Kier alpha value is -1.02. The third-order valence-electron chi connectivity index (χ3n) is 3.02. The van der Waals surface area contributed by atoms with Gasteiger partial charge in [-0.15, -0.1) is 0 Å². The minimum atomic E-state index is 0.188. The number of benzene rings is 1. The molecule has 0 bridgehead atoms. The molecule has 1 saturated heterocycles. The molecule has 1 fully saturated rings. The van der Waals surface area contributed by atoms with Crippen LogP contribution in [0.3, 0.4) is 0 Å². The molecular formula is C14H21NO. The van der Waals surface area contributed by atoms with Crippen molar-refractivity contribution in [1.29, 1.82) is 0 Å². The molecule has 88 valence electrons. The molecule has 0 saturated carbocycles. The first-order chi connectivity index (χ1) is 7.55. The summed E-state index contributed by atoms with van der Waals surface area (Å²) >= 11 is 0. The van der Waals surface area contributed by atoms with Crippen LogP contribution in [-0.2, 0) is 5.41 Å². The molecule has 2 nitrogen and oxygen atoms in total. The third kappa shape index (κ3) is 2.76. The van der Waals surface area contributed by atoms with E-state index in [9.17, 15) is 0 Å². The molecule has 1 atom stereocenters. The maximum Gasteiger partial charge on any atom is 0.120 e. The van der Waals surface area contributed by atoms with Crippen LogP contribution in [0.1, 0.15) is 32.8 Å². The minimum absolute atomic E-state index is 0.188. The predicted molar refractivity (Wildman–Crippen MR) is 67.0 cm³/mol. The van der Waals surface area contributed by atoms with Crippen molar-refractivity contribution in [1.82, 2.24) is 5.32 Å². The van der Waals surface area contributed by atoms with Gasteiger partial charge in [-0.2, -0.15) is 0 Å². The summed E-state index contributed by atoms with van der Waals surface area (Å²) in [6.07, 6.45) is 1.45. The van der Waals surface area contributed by atoms with Crippen molar-refractivity contribution in [3.05, 3.63) is 29.8 Å². The second kappa shape index (κ2) is 4.46. The Balaban J connectivity index is 2.09. The first-order valence-electron chi connectivity index (χ1n) is 6.03. The fourth-order valence-corrected chi connectivity index (χ4v) is 1.96. The fourth-order valence-electron chi connectivity index (χ4n) is 1.96. The summed E-state index contributed by atoms with van der Waals surface area (Å²) in [5, 5.41) is 3.31. The molecule has 0 spiro atoms. The standard InChI is InChI=1S/C14H21NO/c1-14(2,3)11-5-4-6-12(9-11)16-13-7-8-15-10-13/h4-6,9,13,15H,7-8,10H2,1-3H3/t13-/m1/s1. The van der Waals surface area contributed by atoms with Crippen molar-refractivity contribution >= 4 is 0 Å². The molecule has 0 amide bonds. The van der Waals surface area contributed by atoms with Gasteiger partial charge in [-0.25, -0.2) is 0 Å². The first kappa shape index (κ1) is 11.5. The minimum Gasteiger partial charge on any atom is -0.489 e. The van der Waals surface area contributed by atoms with Crippen LogP contribution in [0.15, 0.2) is 24.3 Å². The zero-order valence-electron chi connectivity index (χ0n) is 10.4. The SMILES string of the molecule is CC(C)(C)c1cccc(O[C@@H]2CCNC2)c1. The highest BCUT2D eigenvalue weighted by Gasteiger charge is 2.18. The zero-order valence-corrected chi connectivity index (χ0v) is 10.4. The van der Waals surface area contributed by atoms with Gasteiger partial charge >= 0.3 is 0 Å². The van der Waals surface area contributed by atoms with E-state index in [2.05, 4.69) is 44.3 Å². The van der Waals surface area contributed by atoms with Gasteiger partial charge in [0.2, 0.25) is 0 Å². The monoisotopic (exact) mass is 219 g/mol. The van der Waals surface area contributed by atoms with E-state index in [1.54, 1.807) is 0 Å². The van der Waals surface area contributed by atoms with Gasteiger partial charge < -0.3 is 10.1 Å². The lowest BCUT2D eigenvalue weighted by Crippen LogP contribution is -2.20. The highest BCUT2D eigenvalue weighted by Crippen LogP contribution is 2.26. The average Bonchev–Trinajstić information content (AvgIpc) is 2.70. The molecule has 0 unspecified atom stereocenters. The van der Waals surface area contributed by atoms with Crippen LogP contribution in [0.25, 0.3) is 0 Å². The molecule has 0 aliphatic carbocycles. The number of rotatable bonds is 2. The summed E-state index contributed by atoms with van der Waals surface area (Å²) in [4.78, 5) is 0. The molecule has 16 heavy (non-hydrogen) atoms. The van der Waals surface area contributed by atoms with Crippen molar-refractivity contribution < 1.29 is 4.74 Å². The highest BCUT2D eigenvalue weighted by molar-refractivity contribution is 5.32. The molecule has 1 heterocycles. The lowest BCUT2D eigenvalue weighted by molar-refractivity contribution is 0.222. The van der Waals surface area contributed by atoms with Crippen LogP contribution >= 0.6 is 0 Å². The molecule has 1 N–H and O–H groups in total. The summed E-state index contributed by atoms with van der Waals surface area (Å²) in [6.45, 7) is 8.72. The van der Waals surface area contributed by atoms with E-state index in [0.29, 0.717) is 6.10 Å². The Kier molecular flexibility index (Phi) is 3.20. The Labute approximate surface area is 98.0 Å². The Morgan fingerprint density at radius 2 is 2.12 bits per heavy atom. The van der Waals surface area contributed by atoms with Crippen LogP contribution < -0.4 is 10.1 Å². The Bertz CT molecular complexity index is 348. The highest BCUT2D eigenvalue weighted by atomic mass is 16.5. The van der Waals surface area contributed by atoms with Gasteiger partial charge in [0, 0.05) is 6.54 Å². The number of nitrogens with one attached hydrogen (secondary N) is 1. The van der Waals surface area contributed by atoms with Gasteiger partial charge in [0.15, 0.2) is 0 Å². The Morgan fingerprint density at radius 3 is 2.75 bits per heavy atom. The average molecular weight is 219 g/mol. The maximum atomic E-state index is 5.95. The van der Waals surface area contributed by atoms with E-state index in [-0.39, 0.29) is 5.41 Å². The number of ether oxygens (including phenoxy) is 1. The summed E-state index contributed by atoms with van der Waals surface area (Å²) in [6, 6.07) is 8.46. The molecule has 0 radical (unpaired) electrons. The molecule has 2 rings (SSSR count). The molecule has 0 aromatic heterocycles. The third-order valence-corrected chi connectivity index (χ3v) is 3.02. The van der Waals surface area contributed by atoms with E-state index < -0.39 is 0 Å². The van der Waals surface area contributed by atoms with E-state index in [0.717, 1.165) is 25.3 Å². The lowest BCUT2D eigenvalue weighted by atomic mass is 9.87. The van der Waals surface area contributed by atoms with Crippen molar-refractivity contribution in [3.63, 3.8) is 0 Å². The summed E-state index contributed by atoms with van der Waals surface area (Å²) in [5.41, 5.74) is 1.52. The van der Waals surface area contributed by atoms with Gasteiger partial charge in [-0.05, 0) is 36.1 Å². The largest absolute Gasteiger partial charge is 0.489 e. The van der Waals surface area contributed by atoms with E-state index in [1.165, 1.54) is 5.56 Å². The first-order valence-corrected chi connectivity index (χ1v) is 6.03. The van der Waals surface area contributed by atoms with Crippen molar-refractivity contribution in [2.45, 2.75) is 38.7 Å². The van der Waals surface area contributed by atoms with Gasteiger partial charge in [0.25, 0.3) is 0 Å². The quantitative estimate of drug-likeness (QED) is 0.825. The summed E-state index contributed by atoms with van der Waals surface area (Å²) in [7, 11) is 0. The van der Waals surface area contributed by atoms with Gasteiger partial charge in [0.05, 0.1) is 0 Å². The summed E-state index contributed by atoms with van der Waals surface area (Å²) < 4.78 is 5.95. The van der Waals surface area contributed by atoms with Crippen LogP contribution in [0, 0.1) is 0 Å². The van der Waals surface area contributed by atoms with Gasteiger partial charge in [-0.3, -0.25) is 0 Å². The maximum absolute atomic E-state index is 5.95. The van der Waals surface area contributed by atoms with Crippen LogP contribution in [0.4, 0.5) is 0 Å². The van der Waals surface area contributed by atoms with Gasteiger partial charge in [-0.1, -0.05) is 32.9 Å². The molecule has 1 aliphatic heterocycles. The molecule has 1 aromatic rings. The van der Waals surface area contributed by atoms with Crippen molar-refractivity contribution in [2.75, 3.05) is 13.1 Å². The summed E-state index contributed by atoms with van der Waals surface area (Å²) in [5.74, 6) is 1.00. The number of hydrogen-bond donors (Lipinski definition) is 1. The van der Waals surface area contributed by atoms with Crippen LogP contribution in [0.5, 0.6) is 5.75 Å². The van der Waals surface area contributed by atoms with Crippen LogP contribution in [0.2, 0.25) is 0 Å². The van der Waals surface area contributed by atoms with E-state index in [1.807, 2.05) is 6.07 Å². The molecular weight excluding hydrogens is 198 g/mol. The van der Waals surface area contributed by atoms with E-state index >= 15 is 0 Å². The molecule has 2 heteroatoms. The van der Waals surface area contributed by atoms with Gasteiger partial charge in [0.1, 0.15) is 11.9 Å². The van der Waals surface area contributed by atoms with Crippen LogP contribution in [-0.4, -0.2) is 19.2 Å². The second-order valence-electron chi connectivity index (χ2n) is 5.51. The Morgan fingerprint density at radius 1 is 1.31 bits per heavy atom. The lowest BCUT2D eigenvalue weighted by Gasteiger charge is -2.20. The smallest absolute Gasteiger partial charge is 0.120 e. The molecule has 1 aliphatic rings. The normalized spacial score (nSPS) is 21.1. The fraction of sp³-hybridized carbons (Fsp3) is 0.571. The number of hydrogen-bond acceptors (Lipinski definition) is 2. The van der Waals surface area contributed by atoms with E-state index in [4.69, 9.17) is 4.74 Å². The topological polar surface area (TPSA) is 21.3 Å². The van der Waals surface area contributed by atoms with Crippen molar-refractivity contribution in [3.8, 4) is 5.75 Å². The zero-order chi connectivity index (χ0) is 11.6. The van der Waals surface area contributed by atoms with Crippen molar-refractivity contribution in [2.24, 2.45) is 0 Å². The predicted octanol–water partition coefficient (Wildman–Crippen LogP) is 2.72. The molecule has 1 aromatic carbocycles. The second-order valence-corrected chi connectivity index (χ2v) is 5.51.